The van der Waals surface area contributed by atoms with Gasteiger partial charge in [0.25, 0.3) is 11.7 Å². The summed E-state index contributed by atoms with van der Waals surface area (Å²) in [6.45, 7) is 1.10. The lowest BCUT2D eigenvalue weighted by Crippen LogP contribution is -2.29. The Morgan fingerprint density at radius 3 is 2.54 bits per heavy atom. The lowest BCUT2D eigenvalue weighted by Gasteiger charge is -2.28. The van der Waals surface area contributed by atoms with E-state index in [0.29, 0.717) is 30.0 Å². The number of hydrogen-bond donors (Lipinski definition) is 1. The van der Waals surface area contributed by atoms with Crippen LogP contribution in [0.15, 0.2) is 72.3 Å². The fourth-order valence-corrected chi connectivity index (χ4v) is 4.50. The number of anilines is 1. The molecule has 8 heteroatoms. The molecule has 3 aromatic carbocycles. The summed E-state index contributed by atoms with van der Waals surface area (Å²) in [5, 5.41) is 11.3. The van der Waals surface area contributed by atoms with Gasteiger partial charge in [-0.25, -0.2) is 8.78 Å². The number of benzene rings is 3. The molecule has 178 valence electrons. The molecule has 1 unspecified atom stereocenters. The lowest BCUT2D eigenvalue weighted by molar-refractivity contribution is -0.140. The number of aliphatic hydroxyl groups is 1. The molecule has 5 rings (SSSR count). The summed E-state index contributed by atoms with van der Waals surface area (Å²) in [6.07, 6.45) is 0. The van der Waals surface area contributed by atoms with E-state index in [-0.39, 0.29) is 17.7 Å². The van der Waals surface area contributed by atoms with Crippen LogP contribution in [0.25, 0.3) is 5.76 Å². The third-order valence-electron chi connectivity index (χ3n) is 6.33. The van der Waals surface area contributed by atoms with Crippen molar-refractivity contribution < 1.29 is 28.2 Å². The Labute approximate surface area is 200 Å². The Balaban J connectivity index is 1.65. The molecular formula is C27H22F2N2O4. The maximum Gasteiger partial charge on any atom is 0.295 e. The van der Waals surface area contributed by atoms with Crippen LogP contribution in [0.2, 0.25) is 0 Å². The highest BCUT2D eigenvalue weighted by Gasteiger charge is 2.47. The first-order valence-electron chi connectivity index (χ1n) is 11.1. The van der Waals surface area contributed by atoms with E-state index in [4.69, 9.17) is 4.74 Å². The highest BCUT2D eigenvalue weighted by molar-refractivity contribution is 6.46. The van der Waals surface area contributed by atoms with E-state index >= 15 is 0 Å². The average molecular weight is 476 g/mol. The molecule has 0 aromatic heterocycles. The maximum atomic E-state index is 14.9. The van der Waals surface area contributed by atoms with E-state index in [9.17, 15) is 23.5 Å². The molecule has 1 saturated heterocycles. The van der Waals surface area contributed by atoms with Crippen molar-refractivity contribution >= 4 is 23.1 Å². The molecule has 1 N–H and O–H groups in total. The van der Waals surface area contributed by atoms with Gasteiger partial charge in [-0.3, -0.25) is 9.59 Å². The van der Waals surface area contributed by atoms with Crippen molar-refractivity contribution in [2.75, 3.05) is 25.1 Å². The molecule has 6 nitrogen and oxygen atoms in total. The summed E-state index contributed by atoms with van der Waals surface area (Å²) in [5.74, 6) is -2.61. The second kappa shape index (κ2) is 8.87. The molecule has 2 heterocycles. The maximum absolute atomic E-state index is 14.9. The normalized spacial score (nSPS) is 19.0. The number of hydrogen-bond acceptors (Lipinski definition) is 5. The molecule has 3 aromatic rings. The first-order chi connectivity index (χ1) is 16.8. The number of likely N-dealkylation sites (N-methyl/N-ethyl adjacent to an activating group) is 1. The second-order valence-electron chi connectivity index (χ2n) is 8.53. The topological polar surface area (TPSA) is 70.1 Å². The standard InChI is InChI=1S/C27H22F2N2O4/c1-30-12-13-35-22-11-8-17(14-21(22)30)25(32)23-24(19-4-2-3-5-20(19)29)31(27(34)26(23)33)15-16-6-9-18(28)10-7-16/h2-11,14,24,32H,12-13,15H2,1H3/b25-23+. The molecule has 0 saturated carbocycles. The minimum Gasteiger partial charge on any atom is -0.507 e. The molecule has 2 aliphatic rings. The third-order valence-corrected chi connectivity index (χ3v) is 6.33. The van der Waals surface area contributed by atoms with Gasteiger partial charge in [0.1, 0.15) is 29.8 Å². The van der Waals surface area contributed by atoms with Gasteiger partial charge in [0.05, 0.1) is 23.8 Å². The van der Waals surface area contributed by atoms with Gasteiger partial charge in [-0.05, 0) is 42.0 Å². The van der Waals surface area contributed by atoms with E-state index in [1.165, 1.54) is 47.4 Å². The quantitative estimate of drug-likeness (QED) is 0.343. The number of halogens is 2. The lowest BCUT2D eigenvalue weighted by atomic mass is 9.94. The van der Waals surface area contributed by atoms with Crippen LogP contribution in [-0.2, 0) is 16.1 Å². The average Bonchev–Trinajstić information content (AvgIpc) is 3.10. The number of fused-ring (bicyclic) bond motifs is 1. The van der Waals surface area contributed by atoms with Gasteiger partial charge in [-0.15, -0.1) is 0 Å². The molecule has 0 spiro atoms. The summed E-state index contributed by atoms with van der Waals surface area (Å²) >= 11 is 0. The number of aliphatic hydroxyl groups excluding tert-OH is 1. The minimum absolute atomic E-state index is 0.0681. The Kier molecular flexibility index (Phi) is 5.72. The predicted octanol–water partition coefficient (Wildman–Crippen LogP) is 4.42. The van der Waals surface area contributed by atoms with Crippen LogP contribution in [0, 0.1) is 11.6 Å². The SMILES string of the molecule is CN1CCOc2ccc(/C(O)=C3\C(=O)C(=O)N(Cc4ccc(F)cc4)C3c3ccccc3F)cc21. The highest BCUT2D eigenvalue weighted by Crippen LogP contribution is 2.42. The number of carbonyl (C=O) groups is 2. The Bertz CT molecular complexity index is 1350. The van der Waals surface area contributed by atoms with Gasteiger partial charge in [0.2, 0.25) is 0 Å². The number of rotatable bonds is 4. The molecule has 0 radical (unpaired) electrons. The number of amides is 1. The number of likely N-dealkylation sites (tertiary alicyclic amines) is 1. The first kappa shape index (κ1) is 22.6. The van der Waals surface area contributed by atoms with Crippen LogP contribution >= 0.6 is 0 Å². The molecular weight excluding hydrogens is 454 g/mol. The number of nitrogens with zero attached hydrogens (tertiary/aromatic N) is 2. The number of Topliss-reactive ketones (excluding diaryl/α,β-unsaturated/α-hetero) is 1. The number of ketones is 1. The third kappa shape index (κ3) is 4.01. The molecule has 35 heavy (non-hydrogen) atoms. The zero-order valence-corrected chi connectivity index (χ0v) is 18.9. The monoisotopic (exact) mass is 476 g/mol. The van der Waals surface area contributed by atoms with Crippen molar-refractivity contribution in [1.29, 1.82) is 0 Å². The fourth-order valence-electron chi connectivity index (χ4n) is 4.50. The highest BCUT2D eigenvalue weighted by atomic mass is 19.1. The van der Waals surface area contributed by atoms with E-state index in [1.54, 1.807) is 24.3 Å². The number of ether oxygens (including phenoxy) is 1. The fraction of sp³-hybridized carbons (Fsp3) is 0.185. The molecule has 2 aliphatic heterocycles. The Morgan fingerprint density at radius 1 is 1.06 bits per heavy atom. The second-order valence-corrected chi connectivity index (χ2v) is 8.53. The molecule has 1 fully saturated rings. The van der Waals surface area contributed by atoms with Crippen LogP contribution in [0.3, 0.4) is 0 Å². The Morgan fingerprint density at radius 2 is 1.80 bits per heavy atom. The zero-order valence-electron chi connectivity index (χ0n) is 18.9. The summed E-state index contributed by atoms with van der Waals surface area (Å²) in [4.78, 5) is 29.5. The van der Waals surface area contributed by atoms with Crippen LogP contribution in [0.1, 0.15) is 22.7 Å². The molecule has 0 bridgehead atoms. The summed E-state index contributed by atoms with van der Waals surface area (Å²) < 4.78 is 34.0. The zero-order chi connectivity index (χ0) is 24.7. The van der Waals surface area contributed by atoms with Crippen LogP contribution in [0.5, 0.6) is 5.75 Å². The minimum atomic E-state index is -1.16. The van der Waals surface area contributed by atoms with Gasteiger partial charge < -0.3 is 19.6 Å². The van der Waals surface area contributed by atoms with Crippen molar-refractivity contribution in [2.45, 2.75) is 12.6 Å². The van der Waals surface area contributed by atoms with Crippen molar-refractivity contribution in [2.24, 2.45) is 0 Å². The molecule has 1 amide bonds. The van der Waals surface area contributed by atoms with Crippen LogP contribution in [0.4, 0.5) is 14.5 Å². The van der Waals surface area contributed by atoms with Gasteiger partial charge in [0.15, 0.2) is 0 Å². The van der Waals surface area contributed by atoms with Gasteiger partial charge >= 0.3 is 0 Å². The van der Waals surface area contributed by atoms with Crippen molar-refractivity contribution in [3.8, 4) is 5.75 Å². The van der Waals surface area contributed by atoms with Gasteiger partial charge in [0, 0.05) is 24.7 Å². The number of carbonyl (C=O) groups excluding carboxylic acids is 2. The molecule has 1 atom stereocenters. The van der Waals surface area contributed by atoms with E-state index in [0.717, 1.165) is 5.69 Å². The van der Waals surface area contributed by atoms with E-state index in [2.05, 4.69) is 0 Å². The Hall–Kier alpha value is -4.20. The molecule has 0 aliphatic carbocycles. The van der Waals surface area contributed by atoms with Crippen LogP contribution < -0.4 is 9.64 Å². The smallest absolute Gasteiger partial charge is 0.295 e. The predicted molar refractivity (Wildman–Crippen MR) is 126 cm³/mol. The van der Waals surface area contributed by atoms with Crippen molar-refractivity contribution in [3.05, 3.63) is 101 Å². The largest absolute Gasteiger partial charge is 0.507 e. The van der Waals surface area contributed by atoms with Crippen molar-refractivity contribution in [3.63, 3.8) is 0 Å². The van der Waals surface area contributed by atoms with E-state index in [1.807, 2.05) is 11.9 Å². The summed E-state index contributed by atoms with van der Waals surface area (Å²) in [7, 11) is 1.88. The summed E-state index contributed by atoms with van der Waals surface area (Å²) in [6, 6.07) is 15.1. The first-order valence-corrected chi connectivity index (χ1v) is 11.1. The van der Waals surface area contributed by atoms with Crippen molar-refractivity contribution in [1.82, 2.24) is 4.90 Å². The van der Waals surface area contributed by atoms with Gasteiger partial charge in [-0.1, -0.05) is 30.3 Å². The summed E-state index contributed by atoms with van der Waals surface area (Å²) in [5.41, 5.74) is 1.46. The van der Waals surface area contributed by atoms with E-state index < -0.39 is 35.1 Å². The van der Waals surface area contributed by atoms with Gasteiger partial charge in [-0.2, -0.15) is 0 Å². The van der Waals surface area contributed by atoms with Crippen LogP contribution in [-0.4, -0.2) is 41.9 Å².